The second-order valence-electron chi connectivity index (χ2n) is 5.74. The van der Waals surface area contributed by atoms with Gasteiger partial charge in [-0.2, -0.15) is 0 Å². The first kappa shape index (κ1) is 10.5. The van der Waals surface area contributed by atoms with E-state index in [0.717, 1.165) is 11.8 Å². The molecule has 1 aliphatic heterocycles. The second kappa shape index (κ2) is 3.84. The summed E-state index contributed by atoms with van der Waals surface area (Å²) in [7, 11) is 0. The predicted molar refractivity (Wildman–Crippen MR) is 59.3 cm³/mol. The summed E-state index contributed by atoms with van der Waals surface area (Å²) in [5.74, 6) is 1.77. The third kappa shape index (κ3) is 1.98. The molecule has 1 heterocycles. The zero-order valence-electron chi connectivity index (χ0n) is 9.88. The van der Waals surface area contributed by atoms with E-state index in [1.165, 1.54) is 38.5 Å². The van der Waals surface area contributed by atoms with Gasteiger partial charge in [0.05, 0.1) is 11.7 Å². The summed E-state index contributed by atoms with van der Waals surface area (Å²) in [5, 5.41) is 0. The quantitative estimate of drug-likeness (QED) is 0.653. The summed E-state index contributed by atoms with van der Waals surface area (Å²) in [5.41, 5.74) is 0.216. The molecule has 0 aromatic carbocycles. The molecule has 0 radical (unpaired) electrons. The van der Waals surface area contributed by atoms with Crippen molar-refractivity contribution in [3.05, 3.63) is 0 Å². The van der Waals surface area contributed by atoms with Gasteiger partial charge in [0.1, 0.15) is 0 Å². The Hall–Kier alpha value is -0.0400. The fraction of sp³-hybridized carbons (Fsp3) is 1.00. The number of rotatable bonds is 2. The fourth-order valence-electron chi connectivity index (χ4n) is 3.43. The standard InChI is InChI=1S/C13H24O/c1-4-7-13(3)9-11-6-5-10(2)8-12(11)14-13/h10-12H,4-9H2,1-3H3. The van der Waals surface area contributed by atoms with E-state index in [2.05, 4.69) is 20.8 Å². The number of ether oxygens (including phenoxy) is 1. The van der Waals surface area contributed by atoms with Crippen LogP contribution in [0.2, 0.25) is 0 Å². The van der Waals surface area contributed by atoms with Gasteiger partial charge >= 0.3 is 0 Å². The third-order valence-corrected chi connectivity index (χ3v) is 4.10. The lowest BCUT2D eigenvalue weighted by Crippen LogP contribution is -2.27. The molecule has 2 rings (SSSR count). The first-order valence-corrected chi connectivity index (χ1v) is 6.31. The summed E-state index contributed by atoms with van der Waals surface area (Å²) in [6, 6.07) is 0. The van der Waals surface area contributed by atoms with E-state index in [-0.39, 0.29) is 5.60 Å². The van der Waals surface area contributed by atoms with Gasteiger partial charge in [-0.1, -0.05) is 26.7 Å². The molecule has 4 unspecified atom stereocenters. The Morgan fingerprint density at radius 3 is 2.86 bits per heavy atom. The van der Waals surface area contributed by atoms with Gasteiger partial charge in [-0.15, -0.1) is 0 Å². The Bertz CT molecular complexity index is 201. The average Bonchev–Trinajstić information content (AvgIpc) is 2.40. The Labute approximate surface area is 88.2 Å². The summed E-state index contributed by atoms with van der Waals surface area (Å²) < 4.78 is 6.26. The Morgan fingerprint density at radius 2 is 2.14 bits per heavy atom. The maximum Gasteiger partial charge on any atom is 0.0662 e. The van der Waals surface area contributed by atoms with Crippen LogP contribution in [0.1, 0.15) is 59.3 Å². The van der Waals surface area contributed by atoms with Crippen molar-refractivity contribution in [1.29, 1.82) is 0 Å². The molecule has 1 saturated heterocycles. The van der Waals surface area contributed by atoms with Crippen molar-refractivity contribution < 1.29 is 4.74 Å². The van der Waals surface area contributed by atoms with E-state index < -0.39 is 0 Å². The van der Waals surface area contributed by atoms with Crippen molar-refractivity contribution in [2.45, 2.75) is 71.0 Å². The van der Waals surface area contributed by atoms with Crippen LogP contribution >= 0.6 is 0 Å². The molecule has 1 nitrogen and oxygen atoms in total. The van der Waals surface area contributed by atoms with Crippen LogP contribution in [0.4, 0.5) is 0 Å². The number of hydrogen-bond acceptors (Lipinski definition) is 1. The van der Waals surface area contributed by atoms with Gasteiger partial charge in [-0.25, -0.2) is 0 Å². The Balaban J connectivity index is 1.97. The van der Waals surface area contributed by atoms with Crippen molar-refractivity contribution in [2.24, 2.45) is 11.8 Å². The van der Waals surface area contributed by atoms with Gasteiger partial charge in [0.2, 0.25) is 0 Å². The molecule has 2 fully saturated rings. The van der Waals surface area contributed by atoms with Gasteiger partial charge in [0.25, 0.3) is 0 Å². The maximum atomic E-state index is 6.26. The Morgan fingerprint density at radius 1 is 1.36 bits per heavy atom. The molecule has 1 aliphatic carbocycles. The molecule has 14 heavy (non-hydrogen) atoms. The van der Waals surface area contributed by atoms with Crippen LogP contribution < -0.4 is 0 Å². The van der Waals surface area contributed by atoms with Gasteiger partial charge in [-0.05, 0) is 44.4 Å². The zero-order chi connectivity index (χ0) is 10.2. The maximum absolute atomic E-state index is 6.26. The highest BCUT2D eigenvalue weighted by atomic mass is 16.5. The van der Waals surface area contributed by atoms with E-state index in [1.807, 2.05) is 0 Å². The third-order valence-electron chi connectivity index (χ3n) is 4.10. The molecule has 1 saturated carbocycles. The smallest absolute Gasteiger partial charge is 0.0662 e. The first-order chi connectivity index (χ1) is 6.63. The van der Waals surface area contributed by atoms with Crippen LogP contribution in [-0.4, -0.2) is 11.7 Å². The van der Waals surface area contributed by atoms with Crippen molar-refractivity contribution in [3.63, 3.8) is 0 Å². The summed E-state index contributed by atoms with van der Waals surface area (Å²) in [4.78, 5) is 0. The lowest BCUT2D eigenvalue weighted by atomic mass is 9.78. The van der Waals surface area contributed by atoms with Crippen LogP contribution in [-0.2, 0) is 4.74 Å². The molecular weight excluding hydrogens is 172 g/mol. The summed E-state index contributed by atoms with van der Waals surface area (Å²) in [6.45, 7) is 6.95. The molecule has 0 N–H and O–H groups in total. The molecule has 0 spiro atoms. The molecule has 0 bridgehead atoms. The van der Waals surface area contributed by atoms with Crippen molar-refractivity contribution in [1.82, 2.24) is 0 Å². The van der Waals surface area contributed by atoms with Gasteiger partial charge in [0.15, 0.2) is 0 Å². The lowest BCUT2D eigenvalue weighted by Gasteiger charge is -2.29. The van der Waals surface area contributed by atoms with Gasteiger partial charge < -0.3 is 4.74 Å². The predicted octanol–water partition coefficient (Wildman–Crippen LogP) is 3.77. The van der Waals surface area contributed by atoms with Gasteiger partial charge in [0, 0.05) is 0 Å². The summed E-state index contributed by atoms with van der Waals surface area (Å²) in [6.07, 6.45) is 8.55. The monoisotopic (exact) mass is 196 g/mol. The molecule has 0 amide bonds. The van der Waals surface area contributed by atoms with Crippen molar-refractivity contribution in [3.8, 4) is 0 Å². The second-order valence-corrected chi connectivity index (χ2v) is 5.74. The number of hydrogen-bond donors (Lipinski definition) is 0. The highest BCUT2D eigenvalue weighted by Gasteiger charge is 2.44. The van der Waals surface area contributed by atoms with Crippen molar-refractivity contribution >= 4 is 0 Å². The minimum atomic E-state index is 0.216. The largest absolute Gasteiger partial charge is 0.372 e. The Kier molecular flexibility index (Phi) is 2.88. The SMILES string of the molecule is CCCC1(C)CC2CCC(C)CC2O1. The minimum Gasteiger partial charge on any atom is -0.372 e. The normalized spacial score (nSPS) is 47.8. The topological polar surface area (TPSA) is 9.23 Å². The number of fused-ring (bicyclic) bond motifs is 1. The molecule has 0 aromatic rings. The average molecular weight is 196 g/mol. The molecule has 2 aliphatic rings. The van der Waals surface area contributed by atoms with Crippen LogP contribution in [0, 0.1) is 11.8 Å². The van der Waals surface area contributed by atoms with Crippen LogP contribution in [0.15, 0.2) is 0 Å². The van der Waals surface area contributed by atoms with E-state index in [0.29, 0.717) is 6.10 Å². The van der Waals surface area contributed by atoms with E-state index in [4.69, 9.17) is 4.74 Å². The van der Waals surface area contributed by atoms with E-state index in [9.17, 15) is 0 Å². The van der Waals surface area contributed by atoms with Crippen LogP contribution in [0.5, 0.6) is 0 Å². The highest BCUT2D eigenvalue weighted by molar-refractivity contribution is 4.93. The molecule has 82 valence electrons. The van der Waals surface area contributed by atoms with Crippen molar-refractivity contribution in [2.75, 3.05) is 0 Å². The molecule has 1 heteroatoms. The highest BCUT2D eigenvalue weighted by Crippen LogP contribution is 2.45. The van der Waals surface area contributed by atoms with E-state index in [1.54, 1.807) is 0 Å². The minimum absolute atomic E-state index is 0.216. The van der Waals surface area contributed by atoms with E-state index >= 15 is 0 Å². The molecule has 0 aromatic heterocycles. The lowest BCUT2D eigenvalue weighted by molar-refractivity contribution is -0.0527. The fourth-order valence-corrected chi connectivity index (χ4v) is 3.43. The van der Waals surface area contributed by atoms with Crippen LogP contribution in [0.3, 0.4) is 0 Å². The molecular formula is C13H24O. The molecule has 4 atom stereocenters. The summed E-state index contributed by atoms with van der Waals surface area (Å²) >= 11 is 0. The first-order valence-electron chi connectivity index (χ1n) is 6.31. The zero-order valence-corrected chi connectivity index (χ0v) is 9.88. The van der Waals surface area contributed by atoms with Gasteiger partial charge in [-0.3, -0.25) is 0 Å². The van der Waals surface area contributed by atoms with Crippen LogP contribution in [0.25, 0.3) is 0 Å².